The number of nitrogens with zero attached hydrogens (tertiary/aromatic N) is 1. The standard InChI is InChI=1S/C28H23NO5S4/c30-20(8-2-1-5-15-35)21-11-12-24(37-21)25-14-13-23(38-25)22-10-9-17(36-22)16-26(31)34-29-27(32)18-6-3-4-7-19(18)28(29)33/h3-4,6-7,9-14,35H,1-2,5,8,15-16H2. The van der Waals surface area contributed by atoms with Crippen molar-refractivity contribution in [3.8, 4) is 19.5 Å². The third-order valence-electron chi connectivity index (χ3n) is 5.96. The van der Waals surface area contributed by atoms with Crippen LogP contribution in [-0.2, 0) is 16.1 Å². The molecule has 0 saturated heterocycles. The van der Waals surface area contributed by atoms with E-state index in [9.17, 15) is 19.2 Å². The van der Waals surface area contributed by atoms with E-state index < -0.39 is 17.8 Å². The number of benzene rings is 1. The van der Waals surface area contributed by atoms with E-state index in [1.807, 2.05) is 36.4 Å². The summed E-state index contributed by atoms with van der Waals surface area (Å²) in [5, 5.41) is 0.537. The lowest BCUT2D eigenvalue weighted by Crippen LogP contribution is -2.33. The van der Waals surface area contributed by atoms with E-state index in [1.165, 1.54) is 34.8 Å². The fraction of sp³-hybridized carbons (Fsp3) is 0.214. The van der Waals surface area contributed by atoms with E-state index >= 15 is 0 Å². The molecule has 0 fully saturated rings. The molecule has 0 aliphatic carbocycles. The smallest absolute Gasteiger partial charge is 0.329 e. The highest BCUT2D eigenvalue weighted by molar-refractivity contribution is 7.80. The van der Waals surface area contributed by atoms with Gasteiger partial charge in [-0.2, -0.15) is 12.6 Å². The van der Waals surface area contributed by atoms with Gasteiger partial charge in [0.15, 0.2) is 5.78 Å². The summed E-state index contributed by atoms with van der Waals surface area (Å²) in [5.41, 5.74) is 0.451. The summed E-state index contributed by atoms with van der Waals surface area (Å²) in [4.78, 5) is 60.7. The van der Waals surface area contributed by atoms with Crippen LogP contribution < -0.4 is 0 Å². The summed E-state index contributed by atoms with van der Waals surface area (Å²) in [5.74, 6) is -0.911. The van der Waals surface area contributed by atoms with Crippen LogP contribution in [0.25, 0.3) is 19.5 Å². The second-order valence-electron chi connectivity index (χ2n) is 8.64. The van der Waals surface area contributed by atoms with Gasteiger partial charge in [-0.1, -0.05) is 23.6 Å². The Morgan fingerprint density at radius 1 is 0.737 bits per heavy atom. The van der Waals surface area contributed by atoms with Gasteiger partial charge in [0, 0.05) is 30.8 Å². The number of imide groups is 1. The van der Waals surface area contributed by atoms with Crippen LogP contribution in [0, 0.1) is 0 Å². The molecule has 2 amide bonds. The minimum Gasteiger partial charge on any atom is -0.329 e. The lowest BCUT2D eigenvalue weighted by Gasteiger charge is -2.12. The second kappa shape index (κ2) is 11.8. The molecule has 4 heterocycles. The van der Waals surface area contributed by atoms with Gasteiger partial charge in [0.05, 0.1) is 22.4 Å². The highest BCUT2D eigenvalue weighted by Gasteiger charge is 2.38. The third kappa shape index (κ3) is 5.68. The Morgan fingerprint density at radius 3 is 2.03 bits per heavy atom. The number of Topliss-reactive ketones (excluding diaryl/α,β-unsaturated/α-hetero) is 1. The van der Waals surface area contributed by atoms with E-state index in [-0.39, 0.29) is 23.3 Å². The highest BCUT2D eigenvalue weighted by atomic mass is 32.1. The number of carbonyl (C=O) groups is 4. The quantitative estimate of drug-likeness (QED) is 0.0879. The molecule has 5 rings (SSSR count). The van der Waals surface area contributed by atoms with Crippen molar-refractivity contribution in [1.82, 2.24) is 5.06 Å². The van der Waals surface area contributed by atoms with Gasteiger partial charge in [0.25, 0.3) is 11.8 Å². The zero-order chi connectivity index (χ0) is 26.6. The summed E-state index contributed by atoms with van der Waals surface area (Å²) in [7, 11) is 0. The summed E-state index contributed by atoms with van der Waals surface area (Å²) in [6, 6.07) is 18.1. The molecule has 0 spiro atoms. The molecule has 0 radical (unpaired) electrons. The second-order valence-corrected chi connectivity index (χ2v) is 12.4. The van der Waals surface area contributed by atoms with Crippen molar-refractivity contribution in [1.29, 1.82) is 0 Å². The zero-order valence-corrected chi connectivity index (χ0v) is 23.5. The molecule has 0 bridgehead atoms. The van der Waals surface area contributed by atoms with Crippen molar-refractivity contribution in [2.75, 3.05) is 5.75 Å². The minimum atomic E-state index is -0.679. The van der Waals surface area contributed by atoms with Crippen LogP contribution >= 0.6 is 46.6 Å². The number of unbranched alkanes of at least 4 members (excludes halogenated alkanes) is 2. The molecule has 1 aromatic carbocycles. The lowest BCUT2D eigenvalue weighted by atomic mass is 10.1. The first kappa shape index (κ1) is 26.6. The molecule has 4 aromatic rings. The first-order valence-electron chi connectivity index (χ1n) is 12.1. The average Bonchev–Trinajstić information content (AvgIpc) is 3.71. The van der Waals surface area contributed by atoms with Gasteiger partial charge < -0.3 is 4.84 Å². The molecule has 1 aliphatic rings. The number of ketones is 1. The summed E-state index contributed by atoms with van der Waals surface area (Å²) in [6.07, 6.45) is 3.45. The molecular weight excluding hydrogens is 559 g/mol. The molecule has 0 unspecified atom stereocenters. The Labute approximate surface area is 237 Å². The van der Waals surface area contributed by atoms with Gasteiger partial charge in [-0.05, 0) is 67.1 Å². The van der Waals surface area contributed by atoms with Crippen molar-refractivity contribution >= 4 is 70.2 Å². The van der Waals surface area contributed by atoms with Crippen molar-refractivity contribution in [2.45, 2.75) is 32.1 Å². The molecule has 1 aliphatic heterocycles. The number of fused-ring (bicyclic) bond motifs is 1. The molecule has 6 nitrogen and oxygen atoms in total. The lowest BCUT2D eigenvalue weighted by molar-refractivity contribution is -0.167. The maximum Gasteiger partial charge on any atom is 0.338 e. The number of thiophene rings is 3. The maximum atomic E-state index is 12.5. The number of hydrogen-bond acceptors (Lipinski definition) is 9. The largest absolute Gasteiger partial charge is 0.338 e. The van der Waals surface area contributed by atoms with Gasteiger partial charge in [-0.15, -0.1) is 34.0 Å². The van der Waals surface area contributed by atoms with E-state index in [1.54, 1.807) is 23.5 Å². The van der Waals surface area contributed by atoms with E-state index in [4.69, 9.17) is 4.84 Å². The van der Waals surface area contributed by atoms with Gasteiger partial charge in [-0.3, -0.25) is 14.4 Å². The van der Waals surface area contributed by atoms with Crippen LogP contribution in [0.4, 0.5) is 0 Å². The van der Waals surface area contributed by atoms with Gasteiger partial charge in [-0.25, -0.2) is 4.79 Å². The average molecular weight is 582 g/mol. The maximum absolute atomic E-state index is 12.5. The van der Waals surface area contributed by atoms with Crippen molar-refractivity contribution < 1.29 is 24.0 Å². The molecule has 0 saturated carbocycles. The fourth-order valence-corrected chi connectivity index (χ4v) is 7.43. The van der Waals surface area contributed by atoms with Crippen LogP contribution in [-0.4, -0.2) is 34.4 Å². The Morgan fingerprint density at radius 2 is 1.34 bits per heavy atom. The van der Waals surface area contributed by atoms with Gasteiger partial charge in [0.1, 0.15) is 0 Å². The van der Waals surface area contributed by atoms with Crippen LogP contribution in [0.1, 0.15) is 60.9 Å². The van der Waals surface area contributed by atoms with Crippen molar-refractivity contribution in [2.24, 2.45) is 0 Å². The molecule has 10 heteroatoms. The first-order valence-corrected chi connectivity index (χ1v) is 15.1. The van der Waals surface area contributed by atoms with E-state index in [0.717, 1.165) is 54.3 Å². The predicted octanol–water partition coefficient (Wildman–Crippen LogP) is 7.17. The Bertz CT molecular complexity index is 1480. The van der Waals surface area contributed by atoms with Crippen LogP contribution in [0.2, 0.25) is 0 Å². The zero-order valence-electron chi connectivity index (χ0n) is 20.2. The summed E-state index contributed by atoms with van der Waals surface area (Å²) < 4.78 is 0. The molecule has 0 N–H and O–H groups in total. The fourth-order valence-electron chi connectivity index (χ4n) is 4.05. The molecule has 0 atom stereocenters. The summed E-state index contributed by atoms with van der Waals surface area (Å²) in [6.45, 7) is 0. The number of thiol groups is 1. The minimum absolute atomic E-state index is 0.0549. The molecule has 38 heavy (non-hydrogen) atoms. The van der Waals surface area contributed by atoms with E-state index in [0.29, 0.717) is 11.5 Å². The first-order chi connectivity index (χ1) is 18.4. The van der Waals surface area contributed by atoms with E-state index in [2.05, 4.69) is 12.6 Å². The van der Waals surface area contributed by atoms with Gasteiger partial charge >= 0.3 is 5.97 Å². The Hall–Kier alpha value is -3.05. The number of amides is 2. The van der Waals surface area contributed by atoms with Gasteiger partial charge in [0.2, 0.25) is 0 Å². The highest BCUT2D eigenvalue weighted by Crippen LogP contribution is 2.40. The SMILES string of the molecule is O=C(Cc1ccc(-c2ccc(-c3ccc(C(=O)CCCCCS)s3)s2)s1)ON1C(=O)c2ccccc2C1=O. The number of carbonyl (C=O) groups excluding carboxylic acids is 4. The summed E-state index contributed by atoms with van der Waals surface area (Å²) >= 11 is 8.82. The topological polar surface area (TPSA) is 80.8 Å². The normalized spacial score (nSPS) is 12.7. The monoisotopic (exact) mass is 581 g/mol. The van der Waals surface area contributed by atoms with Crippen LogP contribution in [0.5, 0.6) is 0 Å². The number of hydroxylamine groups is 2. The molecule has 3 aromatic heterocycles. The number of hydrogen-bond donors (Lipinski definition) is 1. The van der Waals surface area contributed by atoms with Crippen molar-refractivity contribution in [3.63, 3.8) is 0 Å². The third-order valence-corrected chi connectivity index (χ3v) is 9.97. The van der Waals surface area contributed by atoms with Crippen LogP contribution in [0.15, 0.2) is 60.7 Å². The molecule has 194 valence electrons. The van der Waals surface area contributed by atoms with Crippen molar-refractivity contribution in [3.05, 3.63) is 81.5 Å². The predicted molar refractivity (Wildman–Crippen MR) is 154 cm³/mol. The Kier molecular flexibility index (Phi) is 8.23. The Balaban J connectivity index is 1.19. The number of rotatable bonds is 11. The van der Waals surface area contributed by atoms with Crippen LogP contribution in [0.3, 0.4) is 0 Å². The molecular formula is C28H23NO5S4.